The van der Waals surface area contributed by atoms with Crippen LogP contribution in [0.2, 0.25) is 10.0 Å². The number of rotatable bonds is 5. The van der Waals surface area contributed by atoms with Gasteiger partial charge in [0.15, 0.2) is 0 Å². The third kappa shape index (κ3) is 5.09. The van der Waals surface area contributed by atoms with Crippen molar-refractivity contribution in [2.24, 2.45) is 0 Å². The topological polar surface area (TPSA) is 75.4 Å². The summed E-state index contributed by atoms with van der Waals surface area (Å²) in [5, 5.41) is 3.62. The van der Waals surface area contributed by atoms with Crippen LogP contribution in [0.3, 0.4) is 0 Å². The fraction of sp³-hybridized carbons (Fsp3) is 0.261. The van der Waals surface area contributed by atoms with Crippen LogP contribution in [0.4, 0.5) is 5.69 Å². The molecule has 0 aliphatic carbocycles. The van der Waals surface area contributed by atoms with Gasteiger partial charge in [0.1, 0.15) is 12.3 Å². The highest BCUT2D eigenvalue weighted by molar-refractivity contribution is 6.42. The fourth-order valence-corrected chi connectivity index (χ4v) is 3.96. The second-order valence-electron chi connectivity index (χ2n) is 7.40. The minimum Gasteiger partial charge on any atom is -0.444 e. The van der Waals surface area contributed by atoms with E-state index in [0.717, 1.165) is 18.4 Å². The van der Waals surface area contributed by atoms with E-state index in [-0.39, 0.29) is 18.2 Å². The fourth-order valence-electron chi connectivity index (χ4n) is 3.66. The van der Waals surface area contributed by atoms with E-state index < -0.39 is 6.04 Å². The number of hydrogen-bond acceptors (Lipinski definition) is 4. The smallest absolute Gasteiger partial charge is 0.247 e. The van der Waals surface area contributed by atoms with Crippen LogP contribution < -0.4 is 5.32 Å². The predicted molar refractivity (Wildman–Crippen MR) is 120 cm³/mol. The third-order valence-corrected chi connectivity index (χ3v) is 5.96. The summed E-state index contributed by atoms with van der Waals surface area (Å²) in [5.74, 6) is 0.0782. The first-order valence-electron chi connectivity index (χ1n) is 10.1. The van der Waals surface area contributed by atoms with Gasteiger partial charge in [0.2, 0.25) is 17.7 Å². The lowest BCUT2D eigenvalue weighted by molar-refractivity contribution is -0.139. The number of anilines is 1. The van der Waals surface area contributed by atoms with Crippen LogP contribution >= 0.6 is 23.2 Å². The zero-order valence-corrected chi connectivity index (χ0v) is 18.2. The Morgan fingerprint density at radius 1 is 1.10 bits per heavy atom. The number of aromatic nitrogens is 1. The summed E-state index contributed by atoms with van der Waals surface area (Å²) in [5.41, 5.74) is 1.93. The van der Waals surface area contributed by atoms with Crippen molar-refractivity contribution in [1.29, 1.82) is 0 Å². The first-order valence-corrected chi connectivity index (χ1v) is 10.8. The molecule has 160 valence electrons. The maximum Gasteiger partial charge on any atom is 0.247 e. The van der Waals surface area contributed by atoms with E-state index >= 15 is 0 Å². The minimum atomic E-state index is -0.545. The molecule has 2 aromatic carbocycles. The van der Waals surface area contributed by atoms with Gasteiger partial charge in [-0.15, -0.1) is 0 Å². The van der Waals surface area contributed by atoms with Gasteiger partial charge in [0, 0.05) is 17.8 Å². The lowest BCUT2D eigenvalue weighted by atomic mass is 10.0. The van der Waals surface area contributed by atoms with E-state index in [1.54, 1.807) is 23.1 Å². The summed E-state index contributed by atoms with van der Waals surface area (Å²) in [4.78, 5) is 32.0. The second-order valence-corrected chi connectivity index (χ2v) is 8.22. The van der Waals surface area contributed by atoms with Crippen molar-refractivity contribution < 1.29 is 14.0 Å². The number of halogens is 2. The number of carbonyl (C=O) groups is 2. The normalized spacial score (nSPS) is 16.2. The van der Waals surface area contributed by atoms with Crippen LogP contribution in [-0.4, -0.2) is 34.3 Å². The van der Waals surface area contributed by atoms with Crippen molar-refractivity contribution in [2.45, 2.75) is 31.7 Å². The first kappa shape index (κ1) is 21.4. The summed E-state index contributed by atoms with van der Waals surface area (Å²) in [6, 6.07) is 13.9. The molecule has 0 saturated carbocycles. The van der Waals surface area contributed by atoms with Gasteiger partial charge in [0.25, 0.3) is 0 Å². The quantitative estimate of drug-likeness (QED) is 0.570. The molecule has 1 aromatic heterocycles. The molecule has 8 heteroatoms. The number of carbonyl (C=O) groups excluding carboxylic acids is 2. The maximum absolute atomic E-state index is 13.0. The zero-order valence-electron chi connectivity index (χ0n) is 16.7. The van der Waals surface area contributed by atoms with Crippen LogP contribution in [0.1, 0.15) is 25.0 Å². The van der Waals surface area contributed by atoms with Crippen molar-refractivity contribution in [2.75, 3.05) is 11.9 Å². The van der Waals surface area contributed by atoms with Gasteiger partial charge in [-0.1, -0.05) is 41.4 Å². The van der Waals surface area contributed by atoms with Gasteiger partial charge in [-0.05, 0) is 49.6 Å². The molecule has 2 amide bonds. The Labute approximate surface area is 190 Å². The Balaban J connectivity index is 1.44. The third-order valence-electron chi connectivity index (χ3n) is 5.22. The van der Waals surface area contributed by atoms with Gasteiger partial charge in [-0.3, -0.25) is 9.59 Å². The van der Waals surface area contributed by atoms with Crippen LogP contribution in [0, 0.1) is 0 Å². The standard InChI is InChI=1S/C23H21Cl2N3O3/c24-18-10-9-16(12-19(18)25)26-22(30)20-8-4-5-11-28(20)21(29)13-17-14-31-23(27-17)15-6-2-1-3-7-15/h1-3,6-7,9-10,12,14,20H,4-5,8,11,13H2,(H,26,30). The summed E-state index contributed by atoms with van der Waals surface area (Å²) < 4.78 is 5.53. The van der Waals surface area contributed by atoms with E-state index in [0.29, 0.717) is 40.3 Å². The Morgan fingerprint density at radius 3 is 2.68 bits per heavy atom. The van der Waals surface area contributed by atoms with Crippen LogP contribution in [-0.2, 0) is 16.0 Å². The predicted octanol–water partition coefficient (Wildman–Crippen LogP) is 5.21. The molecule has 1 fully saturated rings. The van der Waals surface area contributed by atoms with Crippen LogP contribution in [0.15, 0.2) is 59.2 Å². The molecule has 0 spiro atoms. The molecular weight excluding hydrogens is 437 g/mol. The molecule has 31 heavy (non-hydrogen) atoms. The Kier molecular flexibility index (Phi) is 6.59. The van der Waals surface area contributed by atoms with Crippen LogP contribution in [0.25, 0.3) is 11.5 Å². The highest BCUT2D eigenvalue weighted by Gasteiger charge is 2.32. The number of nitrogens with one attached hydrogen (secondary N) is 1. The molecule has 4 rings (SSSR count). The average Bonchev–Trinajstić information content (AvgIpc) is 3.25. The molecule has 3 aromatic rings. The number of amides is 2. The number of piperidine rings is 1. The number of benzene rings is 2. The molecule has 6 nitrogen and oxygen atoms in total. The SMILES string of the molecule is O=C(Nc1ccc(Cl)c(Cl)c1)C1CCCCN1C(=O)Cc1coc(-c2ccccc2)n1. The zero-order chi connectivity index (χ0) is 21.8. The molecule has 1 atom stereocenters. The van der Waals surface area contributed by atoms with Crippen molar-refractivity contribution >= 4 is 40.7 Å². The van der Waals surface area contributed by atoms with Gasteiger partial charge in [-0.2, -0.15) is 0 Å². The van der Waals surface area contributed by atoms with E-state index in [4.69, 9.17) is 27.6 Å². The maximum atomic E-state index is 13.0. The molecule has 0 bridgehead atoms. The summed E-state index contributed by atoms with van der Waals surface area (Å²) in [6.07, 6.45) is 3.91. The Hall–Kier alpha value is -2.83. The highest BCUT2D eigenvalue weighted by Crippen LogP contribution is 2.26. The summed E-state index contributed by atoms with van der Waals surface area (Å²) in [6.45, 7) is 0.529. The molecule has 1 unspecified atom stereocenters. The number of oxazole rings is 1. The second kappa shape index (κ2) is 9.54. The van der Waals surface area contributed by atoms with E-state index in [1.807, 2.05) is 30.3 Å². The average molecular weight is 458 g/mol. The van der Waals surface area contributed by atoms with Gasteiger partial charge in [-0.25, -0.2) is 4.98 Å². The summed E-state index contributed by atoms with van der Waals surface area (Å²) >= 11 is 12.0. The molecule has 1 aliphatic rings. The summed E-state index contributed by atoms with van der Waals surface area (Å²) in [7, 11) is 0. The van der Waals surface area contributed by atoms with Crippen molar-refractivity contribution in [3.8, 4) is 11.5 Å². The minimum absolute atomic E-state index is 0.0763. The molecule has 1 saturated heterocycles. The molecule has 1 aliphatic heterocycles. The van der Waals surface area contributed by atoms with Gasteiger partial charge < -0.3 is 14.6 Å². The number of nitrogens with zero attached hydrogens (tertiary/aromatic N) is 2. The van der Waals surface area contributed by atoms with E-state index in [2.05, 4.69) is 10.3 Å². The lowest BCUT2D eigenvalue weighted by Crippen LogP contribution is -2.50. The molecular formula is C23H21Cl2N3O3. The van der Waals surface area contributed by atoms with E-state index in [9.17, 15) is 9.59 Å². The van der Waals surface area contributed by atoms with Crippen molar-refractivity contribution in [3.63, 3.8) is 0 Å². The molecule has 1 N–H and O–H groups in total. The molecule has 2 heterocycles. The largest absolute Gasteiger partial charge is 0.444 e. The van der Waals surface area contributed by atoms with Crippen molar-refractivity contribution in [1.82, 2.24) is 9.88 Å². The highest BCUT2D eigenvalue weighted by atomic mass is 35.5. The van der Waals surface area contributed by atoms with Gasteiger partial charge >= 0.3 is 0 Å². The lowest BCUT2D eigenvalue weighted by Gasteiger charge is -2.34. The van der Waals surface area contributed by atoms with Gasteiger partial charge in [0.05, 0.1) is 22.2 Å². The van der Waals surface area contributed by atoms with Crippen LogP contribution in [0.5, 0.6) is 0 Å². The van der Waals surface area contributed by atoms with Crippen molar-refractivity contribution in [3.05, 3.63) is 70.5 Å². The monoisotopic (exact) mass is 457 g/mol. The first-order chi connectivity index (χ1) is 15.0. The Bertz CT molecular complexity index is 1080. The number of hydrogen-bond donors (Lipinski definition) is 1. The Morgan fingerprint density at radius 2 is 1.90 bits per heavy atom. The molecule has 0 radical (unpaired) electrons. The van der Waals surface area contributed by atoms with E-state index in [1.165, 1.54) is 6.26 Å². The number of likely N-dealkylation sites (tertiary alicyclic amines) is 1.